The van der Waals surface area contributed by atoms with Crippen LogP contribution in [-0.4, -0.2) is 32.1 Å². The van der Waals surface area contributed by atoms with E-state index in [-0.39, 0.29) is 35.8 Å². The lowest BCUT2D eigenvalue weighted by Crippen LogP contribution is -2.40. The number of carbonyl (C=O) groups excluding carboxylic acids is 1. The van der Waals surface area contributed by atoms with E-state index in [0.29, 0.717) is 32.1 Å². The molecule has 1 atom stereocenters. The average molecular weight is 494 g/mol. The molecule has 0 bridgehead atoms. The van der Waals surface area contributed by atoms with Crippen molar-refractivity contribution < 1.29 is 9.53 Å². The number of nitrogens with one attached hydrogen (secondary N) is 3. The Hall–Kier alpha value is -2.29. The molecule has 2 aromatic carbocycles. The van der Waals surface area contributed by atoms with Gasteiger partial charge in [0.15, 0.2) is 5.96 Å². The van der Waals surface area contributed by atoms with Crippen LogP contribution in [-0.2, 0) is 11.3 Å². The molecule has 3 N–H and O–H groups in total. The summed E-state index contributed by atoms with van der Waals surface area (Å²) >= 11 is 0. The number of ether oxygens (including phenoxy) is 1. The summed E-state index contributed by atoms with van der Waals surface area (Å²) in [5, 5.41) is 9.58. The van der Waals surface area contributed by atoms with Gasteiger partial charge >= 0.3 is 0 Å². The Bertz CT molecular complexity index is 826. The highest BCUT2D eigenvalue weighted by Crippen LogP contribution is 2.31. The zero-order chi connectivity index (χ0) is 19.1. The summed E-state index contributed by atoms with van der Waals surface area (Å²) < 4.78 is 5.54. The van der Waals surface area contributed by atoms with Gasteiger partial charge in [0.1, 0.15) is 5.75 Å². The third-order valence-corrected chi connectivity index (χ3v) is 4.52. The molecule has 1 unspecified atom stereocenters. The van der Waals surface area contributed by atoms with Gasteiger partial charge in [-0.2, -0.15) is 0 Å². The first-order chi connectivity index (χ1) is 13.2. The molecule has 1 aliphatic heterocycles. The van der Waals surface area contributed by atoms with Gasteiger partial charge in [-0.15, -0.1) is 24.0 Å². The molecule has 0 saturated carbocycles. The van der Waals surface area contributed by atoms with E-state index in [9.17, 15) is 4.79 Å². The van der Waals surface area contributed by atoms with E-state index in [4.69, 9.17) is 4.74 Å². The van der Waals surface area contributed by atoms with Crippen molar-refractivity contribution in [2.24, 2.45) is 4.99 Å². The number of anilines is 1. The van der Waals surface area contributed by atoms with Gasteiger partial charge in [0.05, 0.1) is 6.61 Å². The molecule has 0 aliphatic carbocycles. The van der Waals surface area contributed by atoms with Gasteiger partial charge in [-0.25, -0.2) is 0 Å². The van der Waals surface area contributed by atoms with Gasteiger partial charge in [0, 0.05) is 38.2 Å². The minimum absolute atomic E-state index is 0. The Labute approximate surface area is 183 Å². The van der Waals surface area contributed by atoms with Crippen LogP contribution < -0.4 is 20.7 Å². The molecular weight excluding hydrogens is 467 g/mol. The van der Waals surface area contributed by atoms with Crippen molar-refractivity contribution in [3.8, 4) is 5.75 Å². The number of carbonyl (C=O) groups is 1. The van der Waals surface area contributed by atoms with Crippen LogP contribution >= 0.6 is 24.0 Å². The first-order valence-corrected chi connectivity index (χ1v) is 9.24. The molecular formula is C21H27IN4O2. The highest BCUT2D eigenvalue weighted by atomic mass is 127. The maximum absolute atomic E-state index is 11.9. The molecule has 0 radical (unpaired) electrons. The molecule has 0 fully saturated rings. The zero-order valence-corrected chi connectivity index (χ0v) is 18.5. The Kier molecular flexibility index (Phi) is 8.56. The van der Waals surface area contributed by atoms with E-state index in [0.717, 1.165) is 22.6 Å². The van der Waals surface area contributed by atoms with Crippen molar-refractivity contribution in [2.75, 3.05) is 25.5 Å². The second-order valence-corrected chi connectivity index (χ2v) is 6.42. The molecule has 3 rings (SSSR count). The molecule has 1 heterocycles. The number of para-hydroxylation sites is 1. The fourth-order valence-corrected chi connectivity index (χ4v) is 3.22. The van der Waals surface area contributed by atoms with Crippen LogP contribution in [0, 0.1) is 0 Å². The molecule has 7 heteroatoms. The smallest absolute Gasteiger partial charge is 0.225 e. The van der Waals surface area contributed by atoms with E-state index in [1.807, 2.05) is 49.4 Å². The maximum Gasteiger partial charge on any atom is 0.225 e. The van der Waals surface area contributed by atoms with Crippen molar-refractivity contribution in [3.05, 3.63) is 59.7 Å². The summed E-state index contributed by atoms with van der Waals surface area (Å²) in [5.74, 6) is 1.75. The fourth-order valence-electron chi connectivity index (χ4n) is 3.22. The topological polar surface area (TPSA) is 74.8 Å². The standard InChI is InChI=1S/C21H26N4O2.HI/c1-3-27-17-8-6-7-15(11-17)13-23-21(22-2)24-14-16-12-20(26)25-19-10-5-4-9-18(16)19;/h4-11,16H,3,12-14H2,1-2H3,(H,25,26)(H2,22,23,24);1H. The minimum atomic E-state index is 0. The number of fused-ring (bicyclic) bond motifs is 1. The third-order valence-electron chi connectivity index (χ3n) is 4.52. The van der Waals surface area contributed by atoms with E-state index in [1.54, 1.807) is 7.05 Å². The zero-order valence-electron chi connectivity index (χ0n) is 16.2. The van der Waals surface area contributed by atoms with Gasteiger partial charge in [0.25, 0.3) is 0 Å². The number of nitrogens with zero attached hydrogens (tertiary/aromatic N) is 1. The largest absolute Gasteiger partial charge is 0.494 e. The Morgan fingerprint density at radius 1 is 1.21 bits per heavy atom. The van der Waals surface area contributed by atoms with Crippen LogP contribution in [0.4, 0.5) is 5.69 Å². The van der Waals surface area contributed by atoms with Crippen LogP contribution in [0.1, 0.15) is 30.4 Å². The quantitative estimate of drug-likeness (QED) is 0.327. The highest BCUT2D eigenvalue weighted by molar-refractivity contribution is 14.0. The summed E-state index contributed by atoms with van der Waals surface area (Å²) in [7, 11) is 1.74. The van der Waals surface area contributed by atoms with Crippen LogP contribution in [0.5, 0.6) is 5.75 Å². The average Bonchev–Trinajstić information content (AvgIpc) is 2.68. The van der Waals surface area contributed by atoms with Gasteiger partial charge in [-0.3, -0.25) is 9.79 Å². The maximum atomic E-state index is 11.9. The summed E-state index contributed by atoms with van der Waals surface area (Å²) in [6.45, 7) is 3.91. The number of hydrogen-bond donors (Lipinski definition) is 3. The van der Waals surface area contributed by atoms with Gasteiger partial charge in [0.2, 0.25) is 5.91 Å². The Balaban J connectivity index is 0.00000280. The molecule has 0 saturated heterocycles. The predicted molar refractivity (Wildman–Crippen MR) is 124 cm³/mol. The minimum Gasteiger partial charge on any atom is -0.494 e. The normalized spacial score (nSPS) is 15.7. The first kappa shape index (κ1) is 22.0. The van der Waals surface area contributed by atoms with Crippen molar-refractivity contribution in [1.29, 1.82) is 0 Å². The van der Waals surface area contributed by atoms with Crippen molar-refractivity contribution in [1.82, 2.24) is 10.6 Å². The van der Waals surface area contributed by atoms with Crippen molar-refractivity contribution in [3.63, 3.8) is 0 Å². The lowest BCUT2D eigenvalue weighted by atomic mass is 9.90. The summed E-state index contributed by atoms with van der Waals surface area (Å²) in [6, 6.07) is 15.9. The van der Waals surface area contributed by atoms with Crippen molar-refractivity contribution in [2.45, 2.75) is 25.8 Å². The van der Waals surface area contributed by atoms with Gasteiger partial charge in [-0.05, 0) is 36.2 Å². The van der Waals surface area contributed by atoms with Gasteiger partial charge in [-0.1, -0.05) is 30.3 Å². The lowest BCUT2D eigenvalue weighted by molar-refractivity contribution is -0.116. The predicted octanol–water partition coefficient (Wildman–Crippen LogP) is 3.49. The summed E-state index contributed by atoms with van der Waals surface area (Å²) in [4.78, 5) is 16.2. The SMILES string of the molecule is CCOc1cccc(CNC(=NC)NCC2CC(=O)Nc3ccccc32)c1.I. The molecule has 2 aromatic rings. The molecule has 28 heavy (non-hydrogen) atoms. The van der Waals surface area contributed by atoms with Crippen LogP contribution in [0.3, 0.4) is 0 Å². The van der Waals surface area contributed by atoms with Crippen LogP contribution in [0.15, 0.2) is 53.5 Å². The Morgan fingerprint density at radius 3 is 2.82 bits per heavy atom. The number of halogens is 1. The van der Waals surface area contributed by atoms with Crippen LogP contribution in [0.2, 0.25) is 0 Å². The Morgan fingerprint density at radius 2 is 2.04 bits per heavy atom. The number of rotatable bonds is 6. The van der Waals surface area contributed by atoms with Crippen molar-refractivity contribution >= 4 is 41.5 Å². The van der Waals surface area contributed by atoms with E-state index < -0.39 is 0 Å². The second kappa shape index (κ2) is 10.9. The first-order valence-electron chi connectivity index (χ1n) is 9.24. The second-order valence-electron chi connectivity index (χ2n) is 6.42. The summed E-state index contributed by atoms with van der Waals surface area (Å²) in [5.41, 5.74) is 3.17. The van der Waals surface area contributed by atoms with Gasteiger partial charge < -0.3 is 20.7 Å². The van der Waals surface area contributed by atoms with E-state index in [1.165, 1.54) is 0 Å². The lowest BCUT2D eigenvalue weighted by Gasteiger charge is -2.26. The number of amides is 1. The molecule has 6 nitrogen and oxygen atoms in total. The molecule has 150 valence electrons. The molecule has 0 spiro atoms. The number of hydrogen-bond acceptors (Lipinski definition) is 3. The van der Waals surface area contributed by atoms with Crippen LogP contribution in [0.25, 0.3) is 0 Å². The van der Waals surface area contributed by atoms with E-state index >= 15 is 0 Å². The number of benzene rings is 2. The highest BCUT2D eigenvalue weighted by Gasteiger charge is 2.24. The third kappa shape index (κ3) is 5.85. The number of aliphatic imine (C=N–C) groups is 1. The molecule has 0 aromatic heterocycles. The monoisotopic (exact) mass is 494 g/mol. The molecule has 1 aliphatic rings. The molecule has 1 amide bonds. The van der Waals surface area contributed by atoms with E-state index in [2.05, 4.69) is 27.0 Å². The number of guanidine groups is 1. The summed E-state index contributed by atoms with van der Waals surface area (Å²) in [6.07, 6.45) is 0.470. The fraction of sp³-hybridized carbons (Fsp3) is 0.333.